The first-order valence-corrected chi connectivity index (χ1v) is 3.93. The Kier molecular flexibility index (Phi) is 2.96. The molecule has 0 aliphatic rings. The van der Waals surface area contributed by atoms with Crippen molar-refractivity contribution in [2.24, 2.45) is 0 Å². The van der Waals surface area contributed by atoms with E-state index in [9.17, 15) is 4.39 Å². The minimum atomic E-state index is -0.392. The Morgan fingerprint density at radius 2 is 2.00 bits per heavy atom. The number of benzene rings is 1. The van der Waals surface area contributed by atoms with E-state index >= 15 is 0 Å². The molecule has 0 aromatic heterocycles. The van der Waals surface area contributed by atoms with E-state index in [-0.39, 0.29) is 0 Å². The summed E-state index contributed by atoms with van der Waals surface area (Å²) in [6, 6.07) is 9.28. The van der Waals surface area contributed by atoms with Crippen LogP contribution < -0.4 is 0 Å². The second kappa shape index (κ2) is 4.02. The lowest BCUT2D eigenvalue weighted by atomic mass is 10.4. The third-order valence-electron chi connectivity index (χ3n) is 1.09. The number of rotatable bonds is 2. The maximum atomic E-state index is 12.5. The summed E-state index contributed by atoms with van der Waals surface area (Å²) in [4.78, 5) is 0.862. The van der Waals surface area contributed by atoms with Crippen molar-refractivity contribution >= 4 is 11.8 Å². The van der Waals surface area contributed by atoms with E-state index in [2.05, 4.69) is 12.3 Å². The van der Waals surface area contributed by atoms with Gasteiger partial charge in [0.15, 0.2) is 0 Å². The molecule has 0 atom stereocenters. The van der Waals surface area contributed by atoms with Gasteiger partial charge < -0.3 is 0 Å². The minimum absolute atomic E-state index is 0.392. The van der Waals surface area contributed by atoms with Crippen LogP contribution in [0, 0.1) is 0 Å². The zero-order valence-corrected chi connectivity index (χ0v) is 6.70. The SMILES string of the molecule is C=C=C(F)Sc1ccccc1. The molecule has 0 aliphatic carbocycles. The van der Waals surface area contributed by atoms with Crippen LogP contribution in [0.25, 0.3) is 0 Å². The van der Waals surface area contributed by atoms with Gasteiger partial charge in [-0.15, -0.1) is 0 Å². The summed E-state index contributed by atoms with van der Waals surface area (Å²) in [7, 11) is 0. The van der Waals surface area contributed by atoms with Crippen molar-refractivity contribution in [2.45, 2.75) is 4.90 Å². The largest absolute Gasteiger partial charge is 0.203 e. The highest BCUT2D eigenvalue weighted by molar-refractivity contribution is 8.02. The molecule has 0 saturated carbocycles. The molecule has 11 heavy (non-hydrogen) atoms. The fourth-order valence-corrected chi connectivity index (χ4v) is 1.20. The van der Waals surface area contributed by atoms with Crippen LogP contribution in [0.4, 0.5) is 4.39 Å². The van der Waals surface area contributed by atoms with Crippen molar-refractivity contribution in [1.29, 1.82) is 0 Å². The molecular weight excluding hydrogens is 159 g/mol. The molecule has 0 spiro atoms. The Labute approximate surface area is 69.4 Å². The van der Waals surface area contributed by atoms with Crippen LogP contribution >= 0.6 is 11.8 Å². The summed E-state index contributed by atoms with van der Waals surface area (Å²) >= 11 is 1.02. The maximum absolute atomic E-state index is 12.5. The van der Waals surface area contributed by atoms with Gasteiger partial charge in [0, 0.05) is 4.90 Å². The predicted molar refractivity (Wildman–Crippen MR) is 46.1 cm³/mol. The van der Waals surface area contributed by atoms with Crippen LogP contribution in [0.1, 0.15) is 0 Å². The molecule has 1 aromatic carbocycles. The zero-order chi connectivity index (χ0) is 8.10. The highest BCUT2D eigenvalue weighted by atomic mass is 32.2. The lowest BCUT2D eigenvalue weighted by Crippen LogP contribution is -1.66. The molecule has 0 aliphatic heterocycles. The number of thioether (sulfide) groups is 1. The fraction of sp³-hybridized carbons (Fsp3) is 0. The third kappa shape index (κ3) is 2.62. The van der Waals surface area contributed by atoms with Crippen molar-refractivity contribution in [3.8, 4) is 0 Å². The van der Waals surface area contributed by atoms with Crippen molar-refractivity contribution in [3.63, 3.8) is 0 Å². The van der Waals surface area contributed by atoms with Crippen LogP contribution in [0.15, 0.2) is 52.7 Å². The third-order valence-corrected chi connectivity index (χ3v) is 1.92. The Morgan fingerprint density at radius 1 is 1.36 bits per heavy atom. The van der Waals surface area contributed by atoms with E-state index < -0.39 is 5.16 Å². The van der Waals surface area contributed by atoms with Gasteiger partial charge in [-0.05, 0) is 12.1 Å². The Balaban J connectivity index is 2.73. The van der Waals surface area contributed by atoms with Gasteiger partial charge in [0.2, 0.25) is 5.16 Å². The average molecular weight is 166 g/mol. The molecule has 0 amide bonds. The maximum Gasteiger partial charge on any atom is 0.203 e. The summed E-state index contributed by atoms with van der Waals surface area (Å²) in [6.45, 7) is 3.20. The van der Waals surface area contributed by atoms with E-state index in [4.69, 9.17) is 0 Å². The van der Waals surface area contributed by atoms with Gasteiger partial charge in [-0.1, -0.05) is 42.3 Å². The van der Waals surface area contributed by atoms with Gasteiger partial charge in [0.1, 0.15) is 0 Å². The van der Waals surface area contributed by atoms with Crippen LogP contribution in [-0.4, -0.2) is 0 Å². The Hall–Kier alpha value is -0.980. The number of hydrogen-bond acceptors (Lipinski definition) is 1. The second-order valence-electron chi connectivity index (χ2n) is 1.87. The summed E-state index contributed by atoms with van der Waals surface area (Å²) in [6.07, 6.45) is 0. The van der Waals surface area contributed by atoms with Crippen molar-refractivity contribution in [2.75, 3.05) is 0 Å². The van der Waals surface area contributed by atoms with Gasteiger partial charge in [-0.25, -0.2) is 0 Å². The highest BCUT2D eigenvalue weighted by Crippen LogP contribution is 2.25. The smallest absolute Gasteiger partial charge is 0.190 e. The molecular formula is C9H7FS. The molecule has 0 N–H and O–H groups in total. The van der Waals surface area contributed by atoms with Crippen molar-refractivity contribution in [3.05, 3.63) is 47.8 Å². The van der Waals surface area contributed by atoms with Gasteiger partial charge in [0.25, 0.3) is 0 Å². The lowest BCUT2D eigenvalue weighted by molar-refractivity contribution is 0.702. The van der Waals surface area contributed by atoms with Gasteiger partial charge >= 0.3 is 0 Å². The molecule has 2 heteroatoms. The number of halogens is 1. The first kappa shape index (κ1) is 8.12. The molecule has 0 heterocycles. The molecule has 0 unspecified atom stereocenters. The topological polar surface area (TPSA) is 0 Å². The standard InChI is InChI=1S/C9H7FS/c1-2-9(10)11-8-6-4-3-5-7-8/h3-7H,1H2. The van der Waals surface area contributed by atoms with Crippen LogP contribution in [-0.2, 0) is 0 Å². The fourth-order valence-electron chi connectivity index (χ4n) is 0.628. The lowest BCUT2D eigenvalue weighted by Gasteiger charge is -1.93. The summed E-state index contributed by atoms with van der Waals surface area (Å²) in [5.41, 5.74) is 2.18. The number of hydrogen-bond donors (Lipinski definition) is 0. The summed E-state index contributed by atoms with van der Waals surface area (Å²) in [5, 5.41) is -0.392. The summed E-state index contributed by atoms with van der Waals surface area (Å²) < 4.78 is 12.5. The summed E-state index contributed by atoms with van der Waals surface area (Å²) in [5.74, 6) is 0. The zero-order valence-electron chi connectivity index (χ0n) is 5.88. The molecule has 0 fully saturated rings. The molecule has 1 aromatic rings. The first-order chi connectivity index (χ1) is 5.33. The van der Waals surface area contributed by atoms with Gasteiger partial charge in [0.05, 0.1) is 0 Å². The second-order valence-corrected chi connectivity index (χ2v) is 2.90. The monoisotopic (exact) mass is 166 g/mol. The Morgan fingerprint density at radius 3 is 2.55 bits per heavy atom. The molecule has 0 nitrogen and oxygen atoms in total. The van der Waals surface area contributed by atoms with E-state index in [0.29, 0.717) is 0 Å². The average Bonchev–Trinajstić information content (AvgIpc) is 2.06. The molecule has 0 radical (unpaired) electrons. The minimum Gasteiger partial charge on any atom is -0.190 e. The quantitative estimate of drug-likeness (QED) is 0.479. The van der Waals surface area contributed by atoms with E-state index in [1.807, 2.05) is 30.3 Å². The van der Waals surface area contributed by atoms with E-state index in [0.717, 1.165) is 16.7 Å². The van der Waals surface area contributed by atoms with Crippen LogP contribution in [0.3, 0.4) is 0 Å². The van der Waals surface area contributed by atoms with Gasteiger partial charge in [-0.3, -0.25) is 0 Å². The van der Waals surface area contributed by atoms with Crippen LogP contribution in [0.5, 0.6) is 0 Å². The van der Waals surface area contributed by atoms with E-state index in [1.165, 1.54) is 0 Å². The van der Waals surface area contributed by atoms with Gasteiger partial charge in [-0.2, -0.15) is 4.39 Å². The molecule has 1 rings (SSSR count). The van der Waals surface area contributed by atoms with E-state index in [1.54, 1.807) is 0 Å². The van der Waals surface area contributed by atoms with Crippen LogP contribution in [0.2, 0.25) is 0 Å². The highest BCUT2D eigenvalue weighted by Gasteiger charge is 1.94. The first-order valence-electron chi connectivity index (χ1n) is 3.11. The predicted octanol–water partition coefficient (Wildman–Crippen LogP) is 3.37. The van der Waals surface area contributed by atoms with Crippen molar-refractivity contribution in [1.82, 2.24) is 0 Å². The van der Waals surface area contributed by atoms with Crippen molar-refractivity contribution < 1.29 is 4.39 Å². The molecule has 56 valence electrons. The normalized spacial score (nSPS) is 8.82. The molecule has 0 saturated heterocycles. The molecule has 0 bridgehead atoms. The Bertz CT molecular complexity index is 273.